The van der Waals surface area contributed by atoms with E-state index < -0.39 is 15.4 Å². The van der Waals surface area contributed by atoms with Crippen LogP contribution in [-0.2, 0) is 16.4 Å². The van der Waals surface area contributed by atoms with Gasteiger partial charge < -0.3 is 19.3 Å². The largest absolute Gasteiger partial charge is 0.490 e. The third-order valence-corrected chi connectivity index (χ3v) is 8.68. The summed E-state index contributed by atoms with van der Waals surface area (Å²) in [4.78, 5) is 2.27. The van der Waals surface area contributed by atoms with Crippen molar-refractivity contribution in [2.45, 2.75) is 56.8 Å². The van der Waals surface area contributed by atoms with Crippen molar-refractivity contribution in [2.24, 2.45) is 5.92 Å². The lowest BCUT2D eigenvalue weighted by molar-refractivity contribution is -0.0184. The second kappa shape index (κ2) is 7.84. The monoisotopic (exact) mass is 432 g/mol. The SMILES string of the molecule is O=S1(=O)CCC(O)(CN2CCC(Oc3cccc4c3ccn4CC3CC3)CC2)CC1. The van der Waals surface area contributed by atoms with E-state index >= 15 is 0 Å². The van der Waals surface area contributed by atoms with E-state index in [9.17, 15) is 13.5 Å². The Morgan fingerprint density at radius 1 is 1.07 bits per heavy atom. The van der Waals surface area contributed by atoms with Gasteiger partial charge in [0.1, 0.15) is 11.9 Å². The summed E-state index contributed by atoms with van der Waals surface area (Å²) in [6.45, 7) is 3.42. The average Bonchev–Trinajstić information content (AvgIpc) is 3.45. The fourth-order valence-corrected chi connectivity index (χ4v) is 6.48. The first-order valence-corrected chi connectivity index (χ1v) is 13.1. The number of β-amino-alcohol motifs (C(OH)–C–C–N with tert-alkyl or cyclic N) is 1. The molecule has 0 amide bonds. The van der Waals surface area contributed by atoms with Crippen molar-refractivity contribution < 1.29 is 18.3 Å². The highest BCUT2D eigenvalue weighted by Gasteiger charge is 2.37. The molecule has 1 saturated carbocycles. The number of hydrogen-bond acceptors (Lipinski definition) is 5. The van der Waals surface area contributed by atoms with Crippen molar-refractivity contribution in [2.75, 3.05) is 31.1 Å². The van der Waals surface area contributed by atoms with Crippen molar-refractivity contribution >= 4 is 20.7 Å². The van der Waals surface area contributed by atoms with Crippen molar-refractivity contribution in [1.82, 2.24) is 9.47 Å². The lowest BCUT2D eigenvalue weighted by Gasteiger charge is -2.39. The summed E-state index contributed by atoms with van der Waals surface area (Å²) in [5.41, 5.74) is 0.390. The van der Waals surface area contributed by atoms with Gasteiger partial charge in [0.15, 0.2) is 9.84 Å². The van der Waals surface area contributed by atoms with Crippen LogP contribution in [0.3, 0.4) is 0 Å². The van der Waals surface area contributed by atoms with Crippen LogP contribution in [0.5, 0.6) is 5.75 Å². The maximum atomic E-state index is 11.7. The molecule has 3 heterocycles. The second-order valence-corrected chi connectivity index (χ2v) is 11.9. The highest BCUT2D eigenvalue weighted by molar-refractivity contribution is 7.91. The third kappa shape index (κ3) is 4.53. The molecule has 2 aliphatic heterocycles. The van der Waals surface area contributed by atoms with Gasteiger partial charge in [-0.05, 0) is 62.6 Å². The highest BCUT2D eigenvalue weighted by atomic mass is 32.2. The molecule has 0 radical (unpaired) electrons. The number of ether oxygens (including phenoxy) is 1. The number of aromatic nitrogens is 1. The van der Waals surface area contributed by atoms with Crippen LogP contribution in [0.25, 0.3) is 10.9 Å². The first kappa shape index (κ1) is 20.3. The fourth-order valence-electron chi connectivity index (χ4n) is 4.89. The summed E-state index contributed by atoms with van der Waals surface area (Å²) in [7, 11) is -2.96. The fraction of sp³-hybridized carbons (Fsp3) is 0.652. The van der Waals surface area contributed by atoms with E-state index in [4.69, 9.17) is 4.74 Å². The number of aliphatic hydroxyl groups is 1. The molecule has 0 atom stereocenters. The topological polar surface area (TPSA) is 71.8 Å². The molecule has 164 valence electrons. The number of nitrogens with zero attached hydrogens (tertiary/aromatic N) is 2. The molecule has 5 rings (SSSR count). The van der Waals surface area contributed by atoms with Crippen LogP contribution in [0.1, 0.15) is 38.5 Å². The molecule has 1 N–H and O–H groups in total. The van der Waals surface area contributed by atoms with Gasteiger partial charge in [0.25, 0.3) is 0 Å². The van der Waals surface area contributed by atoms with Crippen molar-refractivity contribution in [3.05, 3.63) is 30.5 Å². The molecule has 1 aromatic heterocycles. The van der Waals surface area contributed by atoms with Crippen LogP contribution >= 0.6 is 0 Å². The third-order valence-electron chi connectivity index (χ3n) is 7.03. The Morgan fingerprint density at radius 3 is 2.50 bits per heavy atom. The van der Waals surface area contributed by atoms with Crippen LogP contribution in [-0.4, -0.2) is 65.8 Å². The normalized spacial score (nSPS) is 24.8. The Morgan fingerprint density at radius 2 is 1.80 bits per heavy atom. The number of sulfone groups is 1. The number of fused-ring (bicyclic) bond motifs is 1. The lowest BCUT2D eigenvalue weighted by atomic mass is 9.94. The van der Waals surface area contributed by atoms with E-state index in [-0.39, 0.29) is 17.6 Å². The van der Waals surface area contributed by atoms with Crippen LogP contribution < -0.4 is 4.74 Å². The Balaban J connectivity index is 1.17. The van der Waals surface area contributed by atoms with Gasteiger partial charge in [0, 0.05) is 37.8 Å². The Labute approximate surface area is 178 Å². The molecule has 0 bridgehead atoms. The van der Waals surface area contributed by atoms with E-state index in [2.05, 4.69) is 39.9 Å². The van der Waals surface area contributed by atoms with Gasteiger partial charge in [-0.25, -0.2) is 8.42 Å². The van der Waals surface area contributed by atoms with Gasteiger partial charge in [0.2, 0.25) is 0 Å². The summed E-state index contributed by atoms with van der Waals surface area (Å²) in [5, 5.41) is 12.0. The van der Waals surface area contributed by atoms with Crippen LogP contribution in [0.2, 0.25) is 0 Å². The molecule has 7 heteroatoms. The zero-order valence-electron chi connectivity index (χ0n) is 17.5. The van der Waals surface area contributed by atoms with E-state index in [0.29, 0.717) is 19.4 Å². The lowest BCUT2D eigenvalue weighted by Crippen LogP contribution is -2.50. The molecular formula is C23H32N2O4S. The number of likely N-dealkylation sites (tertiary alicyclic amines) is 1. The molecule has 30 heavy (non-hydrogen) atoms. The van der Waals surface area contributed by atoms with Gasteiger partial charge >= 0.3 is 0 Å². The molecule has 0 spiro atoms. The summed E-state index contributed by atoms with van der Waals surface area (Å²) in [6.07, 6.45) is 7.61. The minimum absolute atomic E-state index is 0.105. The number of benzene rings is 1. The standard InChI is InChI=1S/C23H32N2O4S/c26-23(9-14-30(27,28)15-10-23)17-24-11-6-19(7-12-24)29-22-3-1-2-21-20(22)8-13-25(21)16-18-4-5-18/h1-3,8,13,18-19,26H,4-7,9-12,14-17H2. The quantitative estimate of drug-likeness (QED) is 0.760. The molecule has 2 saturated heterocycles. The van der Waals surface area contributed by atoms with Crippen molar-refractivity contribution in [3.8, 4) is 5.75 Å². The molecule has 1 aromatic carbocycles. The first-order valence-electron chi connectivity index (χ1n) is 11.3. The maximum absolute atomic E-state index is 11.7. The maximum Gasteiger partial charge on any atom is 0.150 e. The zero-order chi connectivity index (χ0) is 20.8. The molecule has 2 aromatic rings. The van der Waals surface area contributed by atoms with E-state index in [1.807, 2.05) is 0 Å². The predicted octanol–water partition coefficient (Wildman–Crippen LogP) is 2.83. The van der Waals surface area contributed by atoms with E-state index in [0.717, 1.165) is 44.1 Å². The summed E-state index contributed by atoms with van der Waals surface area (Å²) >= 11 is 0. The minimum Gasteiger partial charge on any atom is -0.490 e. The number of piperidine rings is 1. The number of hydrogen-bond donors (Lipinski definition) is 1. The Hall–Kier alpha value is -1.57. The molecule has 0 unspecified atom stereocenters. The summed E-state index contributed by atoms with van der Waals surface area (Å²) in [5.74, 6) is 2.02. The van der Waals surface area contributed by atoms with Crippen molar-refractivity contribution in [3.63, 3.8) is 0 Å². The van der Waals surface area contributed by atoms with Gasteiger partial charge in [-0.15, -0.1) is 0 Å². The van der Waals surface area contributed by atoms with Crippen LogP contribution in [0.15, 0.2) is 30.5 Å². The first-order chi connectivity index (χ1) is 14.4. The van der Waals surface area contributed by atoms with Gasteiger partial charge in [-0.2, -0.15) is 0 Å². The Kier molecular flexibility index (Phi) is 5.32. The smallest absolute Gasteiger partial charge is 0.150 e. The van der Waals surface area contributed by atoms with E-state index in [1.165, 1.54) is 23.7 Å². The van der Waals surface area contributed by atoms with Crippen LogP contribution in [0.4, 0.5) is 0 Å². The van der Waals surface area contributed by atoms with Crippen molar-refractivity contribution in [1.29, 1.82) is 0 Å². The highest BCUT2D eigenvalue weighted by Crippen LogP contribution is 2.34. The summed E-state index contributed by atoms with van der Waals surface area (Å²) < 4.78 is 32.1. The zero-order valence-corrected chi connectivity index (χ0v) is 18.3. The van der Waals surface area contributed by atoms with Gasteiger partial charge in [-0.1, -0.05) is 6.07 Å². The second-order valence-electron chi connectivity index (χ2n) is 9.57. The molecule has 3 fully saturated rings. The minimum atomic E-state index is -2.96. The molecular weight excluding hydrogens is 400 g/mol. The molecule has 3 aliphatic rings. The van der Waals surface area contributed by atoms with E-state index in [1.54, 1.807) is 0 Å². The molecule has 6 nitrogen and oxygen atoms in total. The van der Waals surface area contributed by atoms with Gasteiger partial charge in [-0.3, -0.25) is 0 Å². The van der Waals surface area contributed by atoms with Crippen LogP contribution in [0, 0.1) is 5.92 Å². The summed E-state index contributed by atoms with van der Waals surface area (Å²) in [6, 6.07) is 8.51. The Bertz CT molecular complexity index is 989. The predicted molar refractivity (Wildman–Crippen MR) is 118 cm³/mol. The van der Waals surface area contributed by atoms with Gasteiger partial charge in [0.05, 0.1) is 22.6 Å². The molecule has 1 aliphatic carbocycles. The number of rotatable bonds is 6. The average molecular weight is 433 g/mol.